The lowest BCUT2D eigenvalue weighted by Gasteiger charge is -2.11. The molecule has 2 N–H and O–H groups in total. The van der Waals surface area contributed by atoms with E-state index in [9.17, 15) is 9.59 Å². The number of halogens is 2. The van der Waals surface area contributed by atoms with Crippen LogP contribution in [0.1, 0.15) is 21.5 Å². The van der Waals surface area contributed by atoms with Crippen LogP contribution in [0.25, 0.3) is 0 Å². The maximum absolute atomic E-state index is 12.0. The molecule has 0 aromatic heterocycles. The Morgan fingerprint density at radius 1 is 1.04 bits per heavy atom. The Kier molecular flexibility index (Phi) is 6.06. The fourth-order valence-electron chi connectivity index (χ4n) is 2.01. The maximum atomic E-state index is 12.0. The van der Waals surface area contributed by atoms with Crippen molar-refractivity contribution >= 4 is 35.0 Å². The molecule has 0 radical (unpaired) electrons. The van der Waals surface area contributed by atoms with Gasteiger partial charge in [0.05, 0.1) is 10.6 Å². The monoisotopic (exact) mass is 366 g/mol. The Balaban J connectivity index is 1.85. The van der Waals surface area contributed by atoms with Crippen molar-refractivity contribution in [2.75, 3.05) is 6.61 Å². The SMILES string of the molecule is Cc1ccc(OCC(=O)NNC(=O)c2ccc(Cl)cc2Cl)c(C)c1. The Labute approximate surface area is 149 Å². The molecule has 5 nitrogen and oxygen atoms in total. The van der Waals surface area contributed by atoms with Gasteiger partial charge in [0.15, 0.2) is 6.61 Å². The van der Waals surface area contributed by atoms with Crippen LogP contribution in [0, 0.1) is 13.8 Å². The Hall–Kier alpha value is -2.24. The molecule has 2 aromatic carbocycles. The molecule has 0 saturated heterocycles. The highest BCUT2D eigenvalue weighted by molar-refractivity contribution is 6.36. The Bertz CT molecular complexity index is 778. The van der Waals surface area contributed by atoms with Crippen molar-refractivity contribution in [1.29, 1.82) is 0 Å². The third-order valence-corrected chi connectivity index (χ3v) is 3.73. The van der Waals surface area contributed by atoms with Gasteiger partial charge in [-0.25, -0.2) is 0 Å². The molecule has 24 heavy (non-hydrogen) atoms. The first-order chi connectivity index (χ1) is 11.4. The highest BCUT2D eigenvalue weighted by atomic mass is 35.5. The second-order valence-electron chi connectivity index (χ2n) is 5.18. The number of amides is 2. The number of hydrazine groups is 1. The fraction of sp³-hybridized carbons (Fsp3) is 0.176. The minimum absolute atomic E-state index is 0.195. The normalized spacial score (nSPS) is 10.2. The molecule has 0 aliphatic heterocycles. The molecule has 0 fully saturated rings. The average Bonchev–Trinajstić information content (AvgIpc) is 2.51. The van der Waals surface area contributed by atoms with Gasteiger partial charge in [0.2, 0.25) is 0 Å². The van der Waals surface area contributed by atoms with Crippen LogP contribution in [0.4, 0.5) is 0 Å². The quantitative estimate of drug-likeness (QED) is 0.814. The summed E-state index contributed by atoms with van der Waals surface area (Å²) in [5, 5.41) is 0.614. The van der Waals surface area contributed by atoms with Gasteiger partial charge in [0, 0.05) is 5.02 Å². The maximum Gasteiger partial charge on any atom is 0.276 e. The van der Waals surface area contributed by atoms with Crippen LogP contribution in [0.3, 0.4) is 0 Å². The molecule has 126 valence electrons. The summed E-state index contributed by atoms with van der Waals surface area (Å²) < 4.78 is 5.42. The zero-order chi connectivity index (χ0) is 17.7. The number of aryl methyl sites for hydroxylation is 2. The number of hydrogen-bond donors (Lipinski definition) is 2. The van der Waals surface area contributed by atoms with E-state index in [1.165, 1.54) is 18.2 Å². The van der Waals surface area contributed by atoms with Crippen LogP contribution in [-0.4, -0.2) is 18.4 Å². The Morgan fingerprint density at radius 2 is 1.79 bits per heavy atom. The van der Waals surface area contributed by atoms with Gasteiger partial charge in [-0.1, -0.05) is 40.9 Å². The molecule has 2 amide bonds. The summed E-state index contributed by atoms with van der Waals surface area (Å²) >= 11 is 11.7. The summed E-state index contributed by atoms with van der Waals surface area (Å²) in [4.78, 5) is 23.7. The first kappa shape index (κ1) is 18.1. The summed E-state index contributed by atoms with van der Waals surface area (Å²) in [7, 11) is 0. The molecule has 2 aromatic rings. The van der Waals surface area contributed by atoms with Crippen molar-refractivity contribution in [1.82, 2.24) is 10.9 Å². The Morgan fingerprint density at radius 3 is 2.46 bits per heavy atom. The molecule has 0 aliphatic carbocycles. The third-order valence-electron chi connectivity index (χ3n) is 3.18. The van der Waals surface area contributed by atoms with E-state index in [1.54, 1.807) is 6.07 Å². The van der Waals surface area contributed by atoms with E-state index < -0.39 is 11.8 Å². The van der Waals surface area contributed by atoms with Crippen molar-refractivity contribution in [3.8, 4) is 5.75 Å². The molecule has 2 rings (SSSR count). The number of benzene rings is 2. The van der Waals surface area contributed by atoms with Crippen LogP contribution in [0.15, 0.2) is 36.4 Å². The second kappa shape index (κ2) is 8.04. The van der Waals surface area contributed by atoms with Crippen LogP contribution < -0.4 is 15.6 Å². The first-order valence-electron chi connectivity index (χ1n) is 7.11. The van der Waals surface area contributed by atoms with Crippen molar-refractivity contribution in [2.45, 2.75) is 13.8 Å². The summed E-state index contributed by atoms with van der Waals surface area (Å²) in [6.07, 6.45) is 0. The minimum Gasteiger partial charge on any atom is -0.483 e. The summed E-state index contributed by atoms with van der Waals surface area (Å²) in [6.45, 7) is 3.64. The fourth-order valence-corrected chi connectivity index (χ4v) is 2.50. The van der Waals surface area contributed by atoms with Crippen LogP contribution >= 0.6 is 23.2 Å². The molecule has 0 unspecified atom stereocenters. The molecule has 0 bridgehead atoms. The molecule has 7 heteroatoms. The van der Waals surface area contributed by atoms with E-state index in [0.717, 1.165) is 11.1 Å². The predicted molar refractivity (Wildman–Crippen MR) is 93.5 cm³/mol. The lowest BCUT2D eigenvalue weighted by molar-refractivity contribution is -0.123. The van der Waals surface area contributed by atoms with Crippen molar-refractivity contribution in [2.24, 2.45) is 0 Å². The van der Waals surface area contributed by atoms with Crippen molar-refractivity contribution < 1.29 is 14.3 Å². The topological polar surface area (TPSA) is 67.4 Å². The van der Waals surface area contributed by atoms with Gasteiger partial charge < -0.3 is 4.74 Å². The summed E-state index contributed by atoms with van der Waals surface area (Å²) in [5.41, 5.74) is 6.79. The molecule has 0 atom stereocenters. The van der Waals surface area contributed by atoms with Crippen LogP contribution in [0.2, 0.25) is 10.0 Å². The van der Waals surface area contributed by atoms with Gasteiger partial charge in [0.1, 0.15) is 5.75 Å². The van der Waals surface area contributed by atoms with E-state index >= 15 is 0 Å². The molecule has 0 saturated carbocycles. The highest BCUT2D eigenvalue weighted by Crippen LogP contribution is 2.20. The number of hydrogen-bond acceptors (Lipinski definition) is 3. The molecular formula is C17H16Cl2N2O3. The van der Waals surface area contributed by atoms with E-state index in [4.69, 9.17) is 27.9 Å². The zero-order valence-electron chi connectivity index (χ0n) is 13.2. The van der Waals surface area contributed by atoms with Gasteiger partial charge in [-0.2, -0.15) is 0 Å². The van der Waals surface area contributed by atoms with Crippen LogP contribution in [-0.2, 0) is 4.79 Å². The first-order valence-corrected chi connectivity index (χ1v) is 7.86. The smallest absolute Gasteiger partial charge is 0.276 e. The number of ether oxygens (including phenoxy) is 1. The van der Waals surface area contributed by atoms with Gasteiger partial charge >= 0.3 is 0 Å². The molecule has 0 aliphatic rings. The molecule has 0 spiro atoms. The summed E-state index contributed by atoms with van der Waals surface area (Å²) in [5.74, 6) is -0.423. The van der Waals surface area contributed by atoms with Gasteiger partial charge in [-0.15, -0.1) is 0 Å². The number of rotatable bonds is 4. The van der Waals surface area contributed by atoms with E-state index in [-0.39, 0.29) is 17.2 Å². The number of carbonyl (C=O) groups is 2. The lowest BCUT2D eigenvalue weighted by Crippen LogP contribution is -2.43. The number of nitrogens with one attached hydrogen (secondary N) is 2. The lowest BCUT2D eigenvalue weighted by atomic mass is 10.1. The highest BCUT2D eigenvalue weighted by Gasteiger charge is 2.12. The van der Waals surface area contributed by atoms with Crippen molar-refractivity contribution in [3.05, 3.63) is 63.1 Å². The van der Waals surface area contributed by atoms with Gasteiger partial charge in [-0.05, 0) is 43.7 Å². The van der Waals surface area contributed by atoms with E-state index in [1.807, 2.05) is 26.0 Å². The molecular weight excluding hydrogens is 351 g/mol. The zero-order valence-corrected chi connectivity index (χ0v) is 14.7. The molecule has 0 heterocycles. The van der Waals surface area contributed by atoms with Crippen LogP contribution in [0.5, 0.6) is 5.75 Å². The van der Waals surface area contributed by atoms with E-state index in [0.29, 0.717) is 10.8 Å². The standard InChI is InChI=1S/C17H16Cl2N2O3/c1-10-3-6-15(11(2)7-10)24-9-16(22)20-21-17(23)13-5-4-12(18)8-14(13)19/h3-8H,9H2,1-2H3,(H,20,22)(H,21,23). The van der Waals surface area contributed by atoms with E-state index in [2.05, 4.69) is 10.9 Å². The van der Waals surface area contributed by atoms with Gasteiger partial charge in [0.25, 0.3) is 11.8 Å². The average molecular weight is 367 g/mol. The third kappa shape index (κ3) is 4.88. The summed E-state index contributed by atoms with van der Waals surface area (Å²) in [6, 6.07) is 10.1. The van der Waals surface area contributed by atoms with Gasteiger partial charge in [-0.3, -0.25) is 20.4 Å². The largest absolute Gasteiger partial charge is 0.483 e. The predicted octanol–water partition coefficient (Wildman–Crippen LogP) is 3.45. The number of carbonyl (C=O) groups excluding carboxylic acids is 2. The minimum atomic E-state index is -0.545. The van der Waals surface area contributed by atoms with Crippen molar-refractivity contribution in [3.63, 3.8) is 0 Å². The second-order valence-corrected chi connectivity index (χ2v) is 6.03.